The number of carbonyl (C=O) groups excluding carboxylic acids is 1. The number of nitrogens with one attached hydrogen (secondary N) is 1. The summed E-state index contributed by atoms with van der Waals surface area (Å²) in [5.41, 5.74) is 1.02. The molecule has 0 radical (unpaired) electrons. The van der Waals surface area contributed by atoms with Crippen molar-refractivity contribution in [3.63, 3.8) is 0 Å². The Labute approximate surface area is 142 Å². The monoisotopic (exact) mass is 328 g/mol. The molecule has 2 unspecified atom stereocenters. The van der Waals surface area contributed by atoms with Crippen molar-refractivity contribution >= 4 is 16.8 Å². The molecule has 0 aromatic heterocycles. The van der Waals surface area contributed by atoms with E-state index >= 15 is 0 Å². The predicted octanol–water partition coefficient (Wildman–Crippen LogP) is 3.08. The summed E-state index contributed by atoms with van der Waals surface area (Å²) in [6, 6.07) is 12.0. The summed E-state index contributed by atoms with van der Waals surface area (Å²) in [4.78, 5) is 13.9. The summed E-state index contributed by atoms with van der Waals surface area (Å²) in [6.07, 6.45) is 1.17. The van der Waals surface area contributed by atoms with Gasteiger partial charge in [-0.15, -0.1) is 0 Å². The highest BCUT2D eigenvalue weighted by Crippen LogP contribution is 2.37. The lowest BCUT2D eigenvalue weighted by atomic mass is 9.98. The minimum Gasteiger partial charge on any atom is -0.493 e. The first-order chi connectivity index (χ1) is 11.6. The van der Waals surface area contributed by atoms with E-state index in [0.717, 1.165) is 34.9 Å². The number of amides is 2. The van der Waals surface area contributed by atoms with Gasteiger partial charge < -0.3 is 20.1 Å². The van der Waals surface area contributed by atoms with Crippen molar-refractivity contribution < 1.29 is 14.6 Å². The smallest absolute Gasteiger partial charge is 0.317 e. The second kappa shape index (κ2) is 7.09. The summed E-state index contributed by atoms with van der Waals surface area (Å²) in [5.74, 6) is 0.870. The van der Waals surface area contributed by atoms with Crippen molar-refractivity contribution in [2.45, 2.75) is 31.9 Å². The molecule has 0 saturated heterocycles. The van der Waals surface area contributed by atoms with Gasteiger partial charge in [0.15, 0.2) is 0 Å². The van der Waals surface area contributed by atoms with Crippen LogP contribution in [0, 0.1) is 0 Å². The van der Waals surface area contributed by atoms with Crippen molar-refractivity contribution in [1.82, 2.24) is 10.2 Å². The van der Waals surface area contributed by atoms with Gasteiger partial charge in [0.05, 0.1) is 18.8 Å². The van der Waals surface area contributed by atoms with Gasteiger partial charge in [0.2, 0.25) is 0 Å². The van der Waals surface area contributed by atoms with Crippen LogP contribution in [0.25, 0.3) is 10.8 Å². The number of rotatable bonds is 3. The van der Waals surface area contributed by atoms with Crippen LogP contribution in [-0.2, 0) is 0 Å². The molecule has 128 valence electrons. The average molecular weight is 328 g/mol. The van der Waals surface area contributed by atoms with Gasteiger partial charge in [-0.1, -0.05) is 36.4 Å². The molecule has 0 aliphatic carbocycles. The van der Waals surface area contributed by atoms with Crippen LogP contribution < -0.4 is 10.1 Å². The number of likely N-dealkylation sites (N-methyl/N-ethyl adjacent to an activating group) is 1. The Morgan fingerprint density at radius 3 is 2.96 bits per heavy atom. The number of carbonyl (C=O) groups is 1. The molecule has 0 fully saturated rings. The molecule has 1 heterocycles. The fourth-order valence-corrected chi connectivity index (χ4v) is 3.20. The normalized spacial score (nSPS) is 18.2. The SMILES string of the molecule is CC(O)CN(C)C(=O)NC1CCCOc2c1ccc1ccccc21. The molecule has 24 heavy (non-hydrogen) atoms. The molecule has 2 aromatic carbocycles. The van der Waals surface area contributed by atoms with E-state index in [1.807, 2.05) is 18.2 Å². The molecule has 1 aliphatic rings. The van der Waals surface area contributed by atoms with Gasteiger partial charge in [0.25, 0.3) is 0 Å². The van der Waals surface area contributed by atoms with Crippen molar-refractivity contribution in [3.8, 4) is 5.75 Å². The van der Waals surface area contributed by atoms with Crippen molar-refractivity contribution in [1.29, 1.82) is 0 Å². The van der Waals surface area contributed by atoms with Crippen LogP contribution >= 0.6 is 0 Å². The van der Waals surface area contributed by atoms with E-state index in [1.54, 1.807) is 14.0 Å². The third kappa shape index (κ3) is 3.46. The van der Waals surface area contributed by atoms with E-state index in [2.05, 4.69) is 23.5 Å². The number of urea groups is 1. The van der Waals surface area contributed by atoms with Gasteiger partial charge in [-0.25, -0.2) is 4.79 Å². The summed E-state index contributed by atoms with van der Waals surface area (Å²) < 4.78 is 5.99. The number of aliphatic hydroxyl groups is 1. The van der Waals surface area contributed by atoms with Gasteiger partial charge in [0.1, 0.15) is 5.75 Å². The molecule has 1 aliphatic heterocycles. The number of benzene rings is 2. The lowest BCUT2D eigenvalue weighted by Gasteiger charge is -2.24. The van der Waals surface area contributed by atoms with E-state index in [9.17, 15) is 9.90 Å². The van der Waals surface area contributed by atoms with Crippen molar-refractivity contribution in [2.75, 3.05) is 20.2 Å². The second-order valence-corrected chi connectivity index (χ2v) is 6.43. The third-order valence-corrected chi connectivity index (χ3v) is 4.35. The standard InChI is InChI=1S/C19H24N2O3/c1-13(22)12-21(2)19(23)20-17-8-5-11-24-18-15-7-4-3-6-14(15)9-10-16(17)18/h3-4,6-7,9-10,13,17,22H,5,8,11-12H2,1-2H3,(H,20,23). The molecule has 5 nitrogen and oxygen atoms in total. The lowest BCUT2D eigenvalue weighted by molar-refractivity contribution is 0.142. The maximum absolute atomic E-state index is 12.4. The second-order valence-electron chi connectivity index (χ2n) is 6.43. The van der Waals surface area contributed by atoms with Crippen LogP contribution in [0.3, 0.4) is 0 Å². The number of hydrogen-bond donors (Lipinski definition) is 2. The van der Waals surface area contributed by atoms with E-state index in [0.29, 0.717) is 13.2 Å². The summed E-state index contributed by atoms with van der Waals surface area (Å²) >= 11 is 0. The van der Waals surface area contributed by atoms with E-state index in [-0.39, 0.29) is 12.1 Å². The number of fused-ring (bicyclic) bond motifs is 3. The molecule has 5 heteroatoms. The van der Waals surface area contributed by atoms with Crippen LogP contribution in [0.15, 0.2) is 36.4 Å². The lowest BCUT2D eigenvalue weighted by Crippen LogP contribution is -2.42. The molecular formula is C19H24N2O3. The summed E-state index contributed by atoms with van der Waals surface area (Å²) in [5, 5.41) is 14.7. The maximum Gasteiger partial charge on any atom is 0.317 e. The van der Waals surface area contributed by atoms with Crippen LogP contribution in [-0.4, -0.2) is 42.3 Å². The van der Waals surface area contributed by atoms with Gasteiger partial charge >= 0.3 is 6.03 Å². The molecule has 0 spiro atoms. The highest BCUT2D eigenvalue weighted by Gasteiger charge is 2.24. The fraction of sp³-hybridized carbons (Fsp3) is 0.421. The predicted molar refractivity (Wildman–Crippen MR) is 94.3 cm³/mol. The van der Waals surface area contributed by atoms with Crippen molar-refractivity contribution in [3.05, 3.63) is 42.0 Å². The first-order valence-corrected chi connectivity index (χ1v) is 8.40. The van der Waals surface area contributed by atoms with Crippen LogP contribution in [0.4, 0.5) is 4.79 Å². The van der Waals surface area contributed by atoms with Gasteiger partial charge in [0, 0.05) is 24.5 Å². The summed E-state index contributed by atoms with van der Waals surface area (Å²) in [6.45, 7) is 2.63. The molecule has 2 aromatic rings. The zero-order chi connectivity index (χ0) is 17.1. The fourth-order valence-electron chi connectivity index (χ4n) is 3.20. The van der Waals surface area contributed by atoms with Crippen LogP contribution in [0.5, 0.6) is 5.75 Å². The Balaban J connectivity index is 1.88. The number of hydrogen-bond acceptors (Lipinski definition) is 3. The van der Waals surface area contributed by atoms with Gasteiger partial charge in [-0.3, -0.25) is 0 Å². The van der Waals surface area contributed by atoms with E-state index in [4.69, 9.17) is 4.74 Å². The van der Waals surface area contributed by atoms with Gasteiger partial charge in [-0.05, 0) is 25.2 Å². The summed E-state index contributed by atoms with van der Waals surface area (Å²) in [7, 11) is 1.69. The molecule has 2 N–H and O–H groups in total. The first-order valence-electron chi connectivity index (χ1n) is 8.40. The minimum atomic E-state index is -0.547. The molecule has 3 rings (SSSR count). The Morgan fingerprint density at radius 2 is 2.17 bits per heavy atom. The molecule has 2 atom stereocenters. The Kier molecular flexibility index (Phi) is 4.90. The quantitative estimate of drug-likeness (QED) is 0.910. The molecular weight excluding hydrogens is 304 g/mol. The highest BCUT2D eigenvalue weighted by atomic mass is 16.5. The number of nitrogens with zero attached hydrogens (tertiary/aromatic N) is 1. The first kappa shape index (κ1) is 16.6. The maximum atomic E-state index is 12.4. The topological polar surface area (TPSA) is 61.8 Å². The zero-order valence-corrected chi connectivity index (χ0v) is 14.2. The van der Waals surface area contributed by atoms with E-state index < -0.39 is 6.10 Å². The highest BCUT2D eigenvalue weighted by molar-refractivity contribution is 5.90. The third-order valence-electron chi connectivity index (χ3n) is 4.35. The van der Waals surface area contributed by atoms with Crippen LogP contribution in [0.2, 0.25) is 0 Å². The largest absolute Gasteiger partial charge is 0.493 e. The van der Waals surface area contributed by atoms with Crippen LogP contribution in [0.1, 0.15) is 31.4 Å². The Hall–Kier alpha value is -2.27. The van der Waals surface area contributed by atoms with E-state index in [1.165, 1.54) is 4.90 Å². The minimum absolute atomic E-state index is 0.0870. The zero-order valence-electron chi connectivity index (χ0n) is 14.2. The molecule has 0 saturated carbocycles. The average Bonchev–Trinajstić information content (AvgIpc) is 2.76. The number of ether oxygens (including phenoxy) is 1. The Morgan fingerprint density at radius 1 is 1.38 bits per heavy atom. The molecule has 2 amide bonds. The van der Waals surface area contributed by atoms with Crippen molar-refractivity contribution in [2.24, 2.45) is 0 Å². The Bertz CT molecular complexity index is 730. The number of aliphatic hydroxyl groups excluding tert-OH is 1. The molecule has 0 bridgehead atoms. The van der Waals surface area contributed by atoms with Gasteiger partial charge in [-0.2, -0.15) is 0 Å².